The van der Waals surface area contributed by atoms with Gasteiger partial charge in [-0.3, -0.25) is 9.59 Å². The summed E-state index contributed by atoms with van der Waals surface area (Å²) in [5.74, 6) is -0.230. The molecule has 4 nitrogen and oxygen atoms in total. The summed E-state index contributed by atoms with van der Waals surface area (Å²) in [6.45, 7) is 0.339. The van der Waals surface area contributed by atoms with Gasteiger partial charge in [-0.05, 0) is 5.56 Å². The lowest BCUT2D eigenvalue weighted by atomic mass is 9.96. The van der Waals surface area contributed by atoms with Gasteiger partial charge in [0.1, 0.15) is 18.1 Å². The fourth-order valence-corrected chi connectivity index (χ4v) is 1.62. The highest BCUT2D eigenvalue weighted by Gasteiger charge is 2.23. The molecule has 0 spiro atoms. The van der Waals surface area contributed by atoms with E-state index in [1.165, 1.54) is 0 Å². The SMILES string of the molecule is O=C1CC/C(=N/OCc2ccccc2)C(=O)C1. The Morgan fingerprint density at radius 3 is 2.59 bits per heavy atom. The smallest absolute Gasteiger partial charge is 0.187 e. The maximum Gasteiger partial charge on any atom is 0.187 e. The third kappa shape index (κ3) is 3.24. The molecule has 0 unspecified atom stereocenters. The molecule has 0 heterocycles. The Bertz CT molecular complexity index is 451. The van der Waals surface area contributed by atoms with Crippen LogP contribution in [0.15, 0.2) is 35.5 Å². The quantitative estimate of drug-likeness (QED) is 0.589. The van der Waals surface area contributed by atoms with E-state index in [4.69, 9.17) is 4.84 Å². The zero-order valence-electron chi connectivity index (χ0n) is 9.39. The van der Waals surface area contributed by atoms with Crippen LogP contribution in [0.4, 0.5) is 0 Å². The lowest BCUT2D eigenvalue weighted by Gasteiger charge is -2.10. The molecule has 0 N–H and O–H groups in total. The third-order valence-electron chi connectivity index (χ3n) is 2.57. The van der Waals surface area contributed by atoms with Crippen LogP contribution in [-0.2, 0) is 21.0 Å². The average Bonchev–Trinajstić information content (AvgIpc) is 2.33. The first-order valence-electron chi connectivity index (χ1n) is 5.53. The van der Waals surface area contributed by atoms with E-state index in [0.29, 0.717) is 25.2 Å². The number of rotatable bonds is 3. The Morgan fingerprint density at radius 1 is 1.12 bits per heavy atom. The van der Waals surface area contributed by atoms with Crippen LogP contribution in [0, 0.1) is 0 Å². The molecule has 0 aromatic heterocycles. The van der Waals surface area contributed by atoms with Crippen molar-refractivity contribution in [1.82, 2.24) is 0 Å². The fraction of sp³-hybridized carbons (Fsp3) is 0.308. The summed E-state index contributed by atoms with van der Waals surface area (Å²) in [7, 11) is 0. The molecule has 0 bridgehead atoms. The van der Waals surface area contributed by atoms with Gasteiger partial charge in [-0.2, -0.15) is 0 Å². The maximum absolute atomic E-state index is 11.4. The number of oxime groups is 1. The van der Waals surface area contributed by atoms with Crippen molar-refractivity contribution in [3.63, 3.8) is 0 Å². The van der Waals surface area contributed by atoms with Gasteiger partial charge in [-0.25, -0.2) is 0 Å². The summed E-state index contributed by atoms with van der Waals surface area (Å²) in [6, 6.07) is 9.59. The number of nitrogens with zero attached hydrogens (tertiary/aromatic N) is 1. The molecule has 1 aliphatic rings. The summed E-state index contributed by atoms with van der Waals surface area (Å²) < 4.78 is 0. The molecule has 0 radical (unpaired) electrons. The predicted octanol–water partition coefficient (Wildman–Crippen LogP) is 1.88. The molecule has 17 heavy (non-hydrogen) atoms. The van der Waals surface area contributed by atoms with Crippen LogP contribution in [0.1, 0.15) is 24.8 Å². The topological polar surface area (TPSA) is 55.7 Å². The second-order valence-electron chi connectivity index (χ2n) is 3.94. The van der Waals surface area contributed by atoms with Crippen molar-refractivity contribution in [3.05, 3.63) is 35.9 Å². The van der Waals surface area contributed by atoms with Gasteiger partial charge in [0.05, 0.1) is 6.42 Å². The molecule has 1 aliphatic carbocycles. The lowest BCUT2D eigenvalue weighted by Crippen LogP contribution is -2.25. The predicted molar refractivity (Wildman–Crippen MR) is 62.5 cm³/mol. The monoisotopic (exact) mass is 231 g/mol. The first kappa shape index (κ1) is 11.5. The van der Waals surface area contributed by atoms with Crippen molar-refractivity contribution >= 4 is 17.3 Å². The van der Waals surface area contributed by atoms with E-state index in [0.717, 1.165) is 5.56 Å². The van der Waals surface area contributed by atoms with Gasteiger partial charge in [0, 0.05) is 12.8 Å². The summed E-state index contributed by atoms with van der Waals surface area (Å²) in [5.41, 5.74) is 1.37. The third-order valence-corrected chi connectivity index (χ3v) is 2.57. The number of carbonyl (C=O) groups is 2. The molecular formula is C13H13NO3. The molecule has 88 valence electrons. The van der Waals surface area contributed by atoms with Crippen molar-refractivity contribution in [1.29, 1.82) is 0 Å². The van der Waals surface area contributed by atoms with Crippen molar-refractivity contribution in [2.24, 2.45) is 5.16 Å². The molecule has 0 amide bonds. The molecule has 1 aromatic rings. The maximum atomic E-state index is 11.4. The minimum Gasteiger partial charge on any atom is -0.391 e. The number of ketones is 2. The molecule has 0 aliphatic heterocycles. The Morgan fingerprint density at radius 2 is 1.88 bits per heavy atom. The van der Waals surface area contributed by atoms with Crippen LogP contribution in [0.5, 0.6) is 0 Å². The molecular weight excluding hydrogens is 218 g/mol. The van der Waals surface area contributed by atoms with Gasteiger partial charge in [-0.1, -0.05) is 35.5 Å². The highest BCUT2D eigenvalue weighted by Crippen LogP contribution is 2.10. The number of Topliss-reactive ketones (excluding diaryl/α,β-unsaturated/α-hetero) is 2. The van der Waals surface area contributed by atoms with E-state index in [1.807, 2.05) is 30.3 Å². The summed E-state index contributed by atoms with van der Waals surface area (Å²) in [6.07, 6.45) is 0.749. The summed E-state index contributed by atoms with van der Waals surface area (Å²) in [5, 5.41) is 3.81. The molecule has 1 saturated carbocycles. The van der Waals surface area contributed by atoms with Gasteiger partial charge in [0.15, 0.2) is 5.78 Å². The first-order valence-corrected chi connectivity index (χ1v) is 5.53. The summed E-state index contributed by atoms with van der Waals surface area (Å²) in [4.78, 5) is 27.5. The van der Waals surface area contributed by atoms with E-state index in [2.05, 4.69) is 5.16 Å². The van der Waals surface area contributed by atoms with Crippen molar-refractivity contribution < 1.29 is 14.4 Å². The number of benzene rings is 1. The minimum absolute atomic E-state index is 0.0167. The average molecular weight is 231 g/mol. The normalized spacial score (nSPS) is 18.5. The van der Waals surface area contributed by atoms with E-state index in [1.54, 1.807) is 0 Å². The van der Waals surface area contributed by atoms with Crippen molar-refractivity contribution in [3.8, 4) is 0 Å². The second-order valence-corrected chi connectivity index (χ2v) is 3.94. The molecule has 0 atom stereocenters. The van der Waals surface area contributed by atoms with E-state index in [9.17, 15) is 9.59 Å². The van der Waals surface area contributed by atoms with Crippen LogP contribution < -0.4 is 0 Å². The second kappa shape index (κ2) is 5.39. The van der Waals surface area contributed by atoms with Gasteiger partial charge < -0.3 is 4.84 Å². The van der Waals surface area contributed by atoms with Crippen LogP contribution >= 0.6 is 0 Å². The number of carbonyl (C=O) groups excluding carboxylic acids is 2. The van der Waals surface area contributed by atoms with Crippen LogP contribution in [-0.4, -0.2) is 17.3 Å². The van der Waals surface area contributed by atoms with E-state index >= 15 is 0 Å². The Balaban J connectivity index is 1.89. The minimum atomic E-state index is -0.214. The summed E-state index contributed by atoms with van der Waals surface area (Å²) >= 11 is 0. The molecule has 2 rings (SSSR count). The highest BCUT2D eigenvalue weighted by molar-refractivity contribution is 6.44. The van der Waals surface area contributed by atoms with Gasteiger partial charge in [-0.15, -0.1) is 0 Å². The fourth-order valence-electron chi connectivity index (χ4n) is 1.62. The number of hydrogen-bond donors (Lipinski definition) is 0. The van der Waals surface area contributed by atoms with Gasteiger partial charge in [0.25, 0.3) is 0 Å². The first-order chi connectivity index (χ1) is 8.25. The molecule has 4 heteroatoms. The zero-order chi connectivity index (χ0) is 12.1. The molecule has 1 aromatic carbocycles. The zero-order valence-corrected chi connectivity index (χ0v) is 9.39. The van der Waals surface area contributed by atoms with Crippen LogP contribution in [0.3, 0.4) is 0 Å². The largest absolute Gasteiger partial charge is 0.391 e. The van der Waals surface area contributed by atoms with Crippen LogP contribution in [0.25, 0.3) is 0 Å². The Kier molecular flexibility index (Phi) is 3.65. The van der Waals surface area contributed by atoms with E-state index < -0.39 is 0 Å². The standard InChI is InChI=1S/C13H13NO3/c15-11-6-7-12(13(16)8-11)14-17-9-10-4-2-1-3-5-10/h1-5H,6-9H2/b14-12-. The van der Waals surface area contributed by atoms with Gasteiger partial charge in [0.2, 0.25) is 0 Å². The highest BCUT2D eigenvalue weighted by atomic mass is 16.6. The van der Waals surface area contributed by atoms with Crippen LogP contribution in [0.2, 0.25) is 0 Å². The van der Waals surface area contributed by atoms with Crippen molar-refractivity contribution in [2.45, 2.75) is 25.9 Å². The number of hydrogen-bond acceptors (Lipinski definition) is 4. The Hall–Kier alpha value is -1.97. The molecule has 0 saturated heterocycles. The van der Waals surface area contributed by atoms with E-state index in [-0.39, 0.29) is 18.0 Å². The Labute approximate surface area is 99.3 Å². The molecule has 1 fully saturated rings. The van der Waals surface area contributed by atoms with Gasteiger partial charge >= 0.3 is 0 Å². The van der Waals surface area contributed by atoms with Crippen molar-refractivity contribution in [2.75, 3.05) is 0 Å². The lowest BCUT2D eigenvalue weighted by molar-refractivity contribution is -0.125.